The van der Waals surface area contributed by atoms with Crippen molar-refractivity contribution in [2.45, 2.75) is 5.41 Å². The molecule has 4 aromatic carbocycles. The standard InChI is InChI=1S/C25H16I2O2/c26-17-5-11-21-22-12-6-18(27)14-24(22)25(23(21)13-17,15-1-7-19(28)8-2-15)16-3-9-20(29)10-4-16/h1-14,28-29H. The van der Waals surface area contributed by atoms with E-state index in [0.29, 0.717) is 0 Å². The Morgan fingerprint density at radius 2 is 0.897 bits per heavy atom. The topological polar surface area (TPSA) is 40.5 Å². The number of rotatable bonds is 2. The number of hydrogen-bond donors (Lipinski definition) is 2. The first-order valence-electron chi connectivity index (χ1n) is 9.19. The molecule has 0 radical (unpaired) electrons. The average Bonchev–Trinajstić information content (AvgIpc) is 2.99. The molecule has 0 bridgehead atoms. The van der Waals surface area contributed by atoms with Crippen molar-refractivity contribution >= 4 is 45.2 Å². The summed E-state index contributed by atoms with van der Waals surface area (Å²) in [6.07, 6.45) is 0. The molecule has 5 rings (SSSR count). The second-order valence-corrected chi connectivity index (χ2v) is 9.71. The summed E-state index contributed by atoms with van der Waals surface area (Å²) in [7, 11) is 0. The van der Waals surface area contributed by atoms with Crippen molar-refractivity contribution in [3.05, 3.63) is 114 Å². The molecule has 0 saturated heterocycles. The Bertz CT molecular complexity index is 1130. The van der Waals surface area contributed by atoms with Gasteiger partial charge in [-0.2, -0.15) is 0 Å². The third kappa shape index (κ3) is 2.87. The molecule has 0 aliphatic heterocycles. The largest absolute Gasteiger partial charge is 0.508 e. The lowest BCUT2D eigenvalue weighted by Gasteiger charge is -2.34. The summed E-state index contributed by atoms with van der Waals surface area (Å²) in [5.74, 6) is 0.497. The van der Waals surface area contributed by atoms with Gasteiger partial charge in [0.05, 0.1) is 5.41 Å². The lowest BCUT2D eigenvalue weighted by molar-refractivity contribution is 0.475. The van der Waals surface area contributed by atoms with E-state index in [1.54, 1.807) is 24.3 Å². The van der Waals surface area contributed by atoms with Gasteiger partial charge in [0.25, 0.3) is 0 Å². The summed E-state index contributed by atoms with van der Waals surface area (Å²) in [4.78, 5) is 0. The van der Waals surface area contributed by atoms with Crippen LogP contribution < -0.4 is 0 Å². The summed E-state index contributed by atoms with van der Waals surface area (Å²) >= 11 is 4.73. The minimum Gasteiger partial charge on any atom is -0.508 e. The first kappa shape index (κ1) is 18.9. The van der Waals surface area contributed by atoms with Crippen LogP contribution >= 0.6 is 45.2 Å². The smallest absolute Gasteiger partial charge is 0.115 e. The minimum atomic E-state index is -0.519. The molecule has 4 heteroatoms. The van der Waals surface area contributed by atoms with Crippen LogP contribution in [0.4, 0.5) is 0 Å². The van der Waals surface area contributed by atoms with Gasteiger partial charge in [0, 0.05) is 7.14 Å². The fraction of sp³-hybridized carbons (Fsp3) is 0.0400. The van der Waals surface area contributed by atoms with Crippen molar-refractivity contribution in [3.8, 4) is 22.6 Å². The van der Waals surface area contributed by atoms with E-state index < -0.39 is 5.41 Å². The van der Waals surface area contributed by atoms with Gasteiger partial charge in [0.1, 0.15) is 11.5 Å². The van der Waals surface area contributed by atoms with E-state index in [4.69, 9.17) is 0 Å². The molecule has 0 atom stereocenters. The number of aromatic hydroxyl groups is 2. The minimum absolute atomic E-state index is 0.248. The maximum Gasteiger partial charge on any atom is 0.115 e. The van der Waals surface area contributed by atoms with Gasteiger partial charge in [-0.1, -0.05) is 36.4 Å². The highest BCUT2D eigenvalue weighted by Gasteiger charge is 2.46. The normalized spacial score (nSPS) is 13.7. The third-order valence-corrected chi connectivity index (χ3v) is 7.00. The number of benzene rings is 4. The Morgan fingerprint density at radius 1 is 0.517 bits per heavy atom. The average molecular weight is 602 g/mol. The van der Waals surface area contributed by atoms with Crippen LogP contribution in [0.2, 0.25) is 0 Å². The number of fused-ring (bicyclic) bond motifs is 3. The van der Waals surface area contributed by atoms with Crippen LogP contribution in [-0.4, -0.2) is 10.2 Å². The number of phenols is 2. The molecule has 0 fully saturated rings. The van der Waals surface area contributed by atoms with Gasteiger partial charge in [-0.05, 0) is 127 Å². The van der Waals surface area contributed by atoms with Gasteiger partial charge in [0.15, 0.2) is 0 Å². The van der Waals surface area contributed by atoms with E-state index in [2.05, 4.69) is 81.6 Å². The first-order chi connectivity index (χ1) is 14.0. The van der Waals surface area contributed by atoms with Crippen LogP contribution in [-0.2, 0) is 5.41 Å². The summed E-state index contributed by atoms with van der Waals surface area (Å²) in [5.41, 5.74) is 6.54. The van der Waals surface area contributed by atoms with Crippen LogP contribution in [0.1, 0.15) is 22.3 Å². The monoisotopic (exact) mass is 602 g/mol. The molecule has 0 heterocycles. The van der Waals surface area contributed by atoms with Gasteiger partial charge in [-0.25, -0.2) is 0 Å². The Hall–Kier alpha value is -2.06. The van der Waals surface area contributed by atoms with Crippen molar-refractivity contribution in [1.29, 1.82) is 0 Å². The highest BCUT2D eigenvalue weighted by Crippen LogP contribution is 2.56. The Morgan fingerprint density at radius 3 is 1.28 bits per heavy atom. The zero-order valence-corrected chi connectivity index (χ0v) is 19.5. The van der Waals surface area contributed by atoms with Crippen molar-refractivity contribution in [1.82, 2.24) is 0 Å². The molecule has 142 valence electrons. The zero-order chi connectivity index (χ0) is 20.2. The highest BCUT2D eigenvalue weighted by molar-refractivity contribution is 14.1. The zero-order valence-electron chi connectivity index (χ0n) is 15.2. The molecule has 0 spiro atoms. The van der Waals surface area contributed by atoms with Crippen molar-refractivity contribution in [3.63, 3.8) is 0 Å². The number of hydrogen-bond acceptors (Lipinski definition) is 2. The maximum absolute atomic E-state index is 9.93. The first-order valence-corrected chi connectivity index (χ1v) is 11.4. The van der Waals surface area contributed by atoms with E-state index in [1.165, 1.54) is 29.4 Å². The summed E-state index contributed by atoms with van der Waals surface area (Å²) in [6.45, 7) is 0. The summed E-state index contributed by atoms with van der Waals surface area (Å²) in [6, 6.07) is 28.2. The third-order valence-electron chi connectivity index (χ3n) is 5.66. The number of phenolic OH excluding ortho intramolecular Hbond substituents is 2. The van der Waals surface area contributed by atoms with E-state index in [9.17, 15) is 10.2 Å². The lowest BCUT2D eigenvalue weighted by Crippen LogP contribution is -2.28. The van der Waals surface area contributed by atoms with Crippen molar-refractivity contribution in [2.75, 3.05) is 0 Å². The second kappa shape index (κ2) is 7.02. The van der Waals surface area contributed by atoms with Crippen LogP contribution in [0.15, 0.2) is 84.9 Å². The predicted octanol–water partition coefficient (Wildman–Crippen LogP) is 6.67. The lowest BCUT2D eigenvalue weighted by atomic mass is 9.68. The number of halogens is 2. The molecule has 0 amide bonds. The van der Waals surface area contributed by atoms with Crippen LogP contribution in [0, 0.1) is 7.14 Å². The second-order valence-electron chi connectivity index (χ2n) is 7.22. The molecule has 1 aliphatic rings. The van der Waals surface area contributed by atoms with E-state index in [0.717, 1.165) is 11.1 Å². The molecular formula is C25H16I2O2. The van der Waals surface area contributed by atoms with Crippen LogP contribution in [0.3, 0.4) is 0 Å². The predicted molar refractivity (Wildman–Crippen MR) is 133 cm³/mol. The van der Waals surface area contributed by atoms with E-state index >= 15 is 0 Å². The fourth-order valence-corrected chi connectivity index (χ4v) is 5.46. The van der Waals surface area contributed by atoms with Gasteiger partial charge in [-0.15, -0.1) is 0 Å². The van der Waals surface area contributed by atoms with Crippen LogP contribution in [0.25, 0.3) is 11.1 Å². The molecule has 0 aromatic heterocycles. The van der Waals surface area contributed by atoms with Crippen molar-refractivity contribution in [2.24, 2.45) is 0 Å². The van der Waals surface area contributed by atoms with Gasteiger partial charge >= 0.3 is 0 Å². The van der Waals surface area contributed by atoms with Gasteiger partial charge < -0.3 is 10.2 Å². The molecular weight excluding hydrogens is 586 g/mol. The SMILES string of the molecule is Oc1ccc(C2(c3ccc(O)cc3)c3cc(I)ccc3-c3ccc(I)cc32)cc1. The molecule has 2 nitrogen and oxygen atoms in total. The van der Waals surface area contributed by atoms with Crippen molar-refractivity contribution < 1.29 is 10.2 Å². The van der Waals surface area contributed by atoms with E-state index in [-0.39, 0.29) is 11.5 Å². The molecule has 4 aromatic rings. The highest BCUT2D eigenvalue weighted by atomic mass is 127. The summed E-state index contributed by atoms with van der Waals surface area (Å²) < 4.78 is 2.34. The van der Waals surface area contributed by atoms with E-state index in [1.807, 2.05) is 24.3 Å². The fourth-order valence-electron chi connectivity index (χ4n) is 4.48. The molecule has 0 saturated carbocycles. The Kier molecular flexibility index (Phi) is 4.58. The maximum atomic E-state index is 9.93. The Labute approximate surface area is 196 Å². The van der Waals surface area contributed by atoms with Crippen LogP contribution in [0.5, 0.6) is 11.5 Å². The van der Waals surface area contributed by atoms with Gasteiger partial charge in [-0.3, -0.25) is 0 Å². The Balaban J connectivity index is 1.97. The molecule has 29 heavy (non-hydrogen) atoms. The molecule has 2 N–H and O–H groups in total. The quantitative estimate of drug-likeness (QED) is 0.222. The van der Waals surface area contributed by atoms with Gasteiger partial charge in [0.2, 0.25) is 0 Å². The summed E-state index contributed by atoms with van der Waals surface area (Å²) in [5, 5.41) is 19.9. The molecule has 1 aliphatic carbocycles. The molecule has 0 unspecified atom stereocenters.